The van der Waals surface area contributed by atoms with Crippen molar-refractivity contribution in [2.24, 2.45) is 0 Å². The average molecular weight is 265 g/mol. The van der Waals surface area contributed by atoms with Gasteiger partial charge in [0.25, 0.3) is 0 Å². The van der Waals surface area contributed by atoms with Crippen molar-refractivity contribution < 1.29 is 17.9 Å². The van der Waals surface area contributed by atoms with Gasteiger partial charge in [-0.2, -0.15) is 13.2 Å². The second-order valence-corrected chi connectivity index (χ2v) is 5.46. The van der Waals surface area contributed by atoms with Crippen molar-refractivity contribution in [1.82, 2.24) is 5.32 Å². The monoisotopic (exact) mass is 265 g/mol. The minimum absolute atomic E-state index is 0.348. The number of thiophene rings is 1. The fraction of sp³-hybridized carbons (Fsp3) is 0.636. The number of ether oxygens (including phenoxy) is 1. The second-order valence-electron chi connectivity index (χ2n) is 4.42. The van der Waals surface area contributed by atoms with E-state index in [9.17, 15) is 13.2 Å². The summed E-state index contributed by atoms with van der Waals surface area (Å²) in [6, 6.07) is 2.48. The highest BCUT2D eigenvalue weighted by molar-refractivity contribution is 7.13. The molecule has 0 spiro atoms. The minimum atomic E-state index is -4.28. The van der Waals surface area contributed by atoms with Crippen molar-refractivity contribution in [2.45, 2.75) is 31.5 Å². The Balaban J connectivity index is 2.06. The highest BCUT2D eigenvalue weighted by Gasteiger charge is 2.34. The van der Waals surface area contributed by atoms with Crippen LogP contribution in [0.2, 0.25) is 0 Å². The molecular weight excluding hydrogens is 251 g/mol. The number of piperidine rings is 1. The number of halogens is 3. The molecule has 1 aliphatic heterocycles. The summed E-state index contributed by atoms with van der Waals surface area (Å²) in [5, 5.41) is 3.55. The largest absolute Gasteiger partial charge is 0.478 e. The van der Waals surface area contributed by atoms with E-state index in [1.165, 1.54) is 6.07 Å². The molecule has 1 fully saturated rings. The Morgan fingerprint density at radius 1 is 1.29 bits per heavy atom. The van der Waals surface area contributed by atoms with Gasteiger partial charge in [0.1, 0.15) is 10.5 Å². The third-order valence-corrected chi connectivity index (χ3v) is 3.88. The fourth-order valence-electron chi connectivity index (χ4n) is 1.83. The summed E-state index contributed by atoms with van der Waals surface area (Å²) < 4.78 is 43.0. The molecule has 0 amide bonds. The Morgan fingerprint density at radius 3 is 2.47 bits per heavy atom. The van der Waals surface area contributed by atoms with Crippen molar-refractivity contribution in [3.05, 3.63) is 17.0 Å². The molecule has 1 aromatic heterocycles. The Bertz CT molecular complexity index is 382. The van der Waals surface area contributed by atoms with Crippen molar-refractivity contribution in [1.29, 1.82) is 0 Å². The van der Waals surface area contributed by atoms with E-state index < -0.39 is 11.1 Å². The lowest BCUT2D eigenvalue weighted by molar-refractivity contribution is -0.134. The van der Waals surface area contributed by atoms with Crippen LogP contribution in [0, 0.1) is 0 Å². The van der Waals surface area contributed by atoms with Crippen LogP contribution >= 0.6 is 11.3 Å². The van der Waals surface area contributed by atoms with Crippen LogP contribution in [0.25, 0.3) is 0 Å². The van der Waals surface area contributed by atoms with Crippen LogP contribution in [0.5, 0.6) is 5.06 Å². The first-order valence-corrected chi connectivity index (χ1v) is 6.27. The van der Waals surface area contributed by atoms with Gasteiger partial charge in [0, 0.05) is 0 Å². The molecule has 1 aromatic rings. The Morgan fingerprint density at radius 2 is 1.94 bits per heavy atom. The van der Waals surface area contributed by atoms with Crippen LogP contribution in [0.3, 0.4) is 0 Å². The van der Waals surface area contributed by atoms with Crippen LogP contribution in [-0.2, 0) is 6.18 Å². The lowest BCUT2D eigenvalue weighted by atomic mass is 9.95. The predicted octanol–water partition coefficient (Wildman–Crippen LogP) is 3.29. The van der Waals surface area contributed by atoms with Crippen LogP contribution in [0.4, 0.5) is 13.2 Å². The summed E-state index contributed by atoms with van der Waals surface area (Å²) in [5.74, 6) is 0. The molecule has 0 saturated carbocycles. The number of hydrogen-bond acceptors (Lipinski definition) is 3. The highest BCUT2D eigenvalue weighted by atomic mass is 32.1. The van der Waals surface area contributed by atoms with Gasteiger partial charge in [0.05, 0.1) is 0 Å². The molecule has 6 heteroatoms. The Labute approximate surface area is 102 Å². The summed E-state index contributed by atoms with van der Waals surface area (Å²) in [4.78, 5) is -0.606. The van der Waals surface area contributed by atoms with E-state index in [1.807, 2.05) is 6.92 Å². The molecule has 2 nitrogen and oxygen atoms in total. The molecule has 1 aliphatic rings. The Hall–Kier alpha value is -0.750. The van der Waals surface area contributed by atoms with Crippen molar-refractivity contribution in [3.63, 3.8) is 0 Å². The first-order chi connectivity index (χ1) is 7.89. The zero-order valence-corrected chi connectivity index (χ0v) is 10.3. The molecule has 0 aliphatic carbocycles. The van der Waals surface area contributed by atoms with Crippen molar-refractivity contribution >= 4 is 11.3 Å². The SMILES string of the molecule is CC1(Oc2ccc(C(F)(F)F)s2)CCNCC1. The fourth-order valence-corrected chi connectivity index (χ4v) is 2.68. The van der Waals surface area contributed by atoms with Crippen molar-refractivity contribution in [3.8, 4) is 5.06 Å². The zero-order chi connectivity index (χ0) is 12.5. The van der Waals surface area contributed by atoms with Gasteiger partial charge >= 0.3 is 6.18 Å². The van der Waals surface area contributed by atoms with Crippen LogP contribution in [0.1, 0.15) is 24.6 Å². The third-order valence-electron chi connectivity index (χ3n) is 2.87. The quantitative estimate of drug-likeness (QED) is 0.886. The van der Waals surface area contributed by atoms with E-state index in [4.69, 9.17) is 4.74 Å². The van der Waals surface area contributed by atoms with Gasteiger partial charge in [0.2, 0.25) is 0 Å². The maximum atomic E-state index is 12.4. The van der Waals surface area contributed by atoms with Gasteiger partial charge in [-0.3, -0.25) is 0 Å². The Kier molecular flexibility index (Phi) is 3.36. The molecule has 0 bridgehead atoms. The molecule has 96 valence electrons. The van der Waals surface area contributed by atoms with Crippen molar-refractivity contribution in [2.75, 3.05) is 13.1 Å². The van der Waals surface area contributed by atoms with Crippen LogP contribution < -0.4 is 10.1 Å². The van der Waals surface area contributed by atoms with E-state index in [0.717, 1.165) is 32.0 Å². The first kappa shape index (κ1) is 12.7. The van der Waals surface area contributed by atoms with Crippen LogP contribution in [0.15, 0.2) is 12.1 Å². The average Bonchev–Trinajstić information content (AvgIpc) is 2.66. The maximum absolute atomic E-state index is 12.4. The maximum Gasteiger partial charge on any atom is 0.425 e. The minimum Gasteiger partial charge on any atom is -0.478 e. The van der Waals surface area contributed by atoms with Gasteiger partial charge in [-0.25, -0.2) is 0 Å². The molecule has 0 atom stereocenters. The number of nitrogens with one attached hydrogen (secondary N) is 1. The van der Waals surface area contributed by atoms with E-state index in [2.05, 4.69) is 5.32 Å². The zero-order valence-electron chi connectivity index (χ0n) is 9.43. The third kappa shape index (κ3) is 3.13. The van der Waals surface area contributed by atoms with Gasteiger partial charge in [-0.1, -0.05) is 11.3 Å². The molecule has 0 radical (unpaired) electrons. The summed E-state index contributed by atoms with van der Waals surface area (Å²) in [5.41, 5.74) is -0.348. The lowest BCUT2D eigenvalue weighted by Crippen LogP contribution is -2.43. The second kappa shape index (κ2) is 4.49. The standard InChI is InChI=1S/C11H14F3NOS/c1-10(4-6-15-7-5-10)16-9-3-2-8(17-9)11(12,13)14/h2-3,15H,4-7H2,1H3. The molecule has 1 saturated heterocycles. The van der Waals surface area contributed by atoms with Gasteiger partial charge in [-0.15, -0.1) is 0 Å². The number of hydrogen-bond donors (Lipinski definition) is 1. The summed E-state index contributed by atoms with van der Waals surface area (Å²) >= 11 is 0.664. The van der Waals surface area contributed by atoms with Gasteiger partial charge in [0.15, 0.2) is 5.06 Å². The summed E-state index contributed by atoms with van der Waals surface area (Å²) in [6.07, 6.45) is -2.65. The molecule has 17 heavy (non-hydrogen) atoms. The molecule has 2 rings (SSSR count). The molecule has 0 unspecified atom stereocenters. The molecule has 2 heterocycles. The smallest absolute Gasteiger partial charge is 0.425 e. The highest BCUT2D eigenvalue weighted by Crippen LogP contribution is 2.39. The summed E-state index contributed by atoms with van der Waals surface area (Å²) in [7, 11) is 0. The molecule has 1 N–H and O–H groups in total. The summed E-state index contributed by atoms with van der Waals surface area (Å²) in [6.45, 7) is 3.63. The van der Waals surface area contributed by atoms with E-state index >= 15 is 0 Å². The van der Waals surface area contributed by atoms with Gasteiger partial charge < -0.3 is 10.1 Å². The normalized spacial score (nSPS) is 20.2. The van der Waals surface area contributed by atoms with Gasteiger partial charge in [-0.05, 0) is 45.0 Å². The van der Waals surface area contributed by atoms with E-state index in [0.29, 0.717) is 16.4 Å². The van der Waals surface area contributed by atoms with E-state index in [1.54, 1.807) is 0 Å². The van der Waals surface area contributed by atoms with E-state index in [-0.39, 0.29) is 5.60 Å². The van der Waals surface area contributed by atoms with Crippen LogP contribution in [-0.4, -0.2) is 18.7 Å². The number of alkyl halides is 3. The predicted molar refractivity (Wildman–Crippen MR) is 60.5 cm³/mol. The topological polar surface area (TPSA) is 21.3 Å². The first-order valence-electron chi connectivity index (χ1n) is 5.46. The number of rotatable bonds is 2. The molecular formula is C11H14F3NOS. The molecule has 0 aromatic carbocycles. The lowest BCUT2D eigenvalue weighted by Gasteiger charge is -2.33.